The number of primary amides is 2. The summed E-state index contributed by atoms with van der Waals surface area (Å²) in [6.45, 7) is 0. The summed E-state index contributed by atoms with van der Waals surface area (Å²) in [6, 6.07) is 6.84. The molecule has 2 unspecified atom stereocenters. The fourth-order valence-electron chi connectivity index (χ4n) is 2.34. The molecule has 0 bridgehead atoms. The molecule has 0 saturated heterocycles. The van der Waals surface area contributed by atoms with E-state index >= 15 is 0 Å². The van der Waals surface area contributed by atoms with E-state index in [1.165, 1.54) is 24.7 Å². The number of benzene rings is 1. The normalized spacial score (nSPS) is 19.9. The van der Waals surface area contributed by atoms with E-state index in [0.29, 0.717) is 11.1 Å². The first-order chi connectivity index (χ1) is 14.4. The monoisotopic (exact) mass is 408 g/mol. The van der Waals surface area contributed by atoms with Crippen molar-refractivity contribution in [3.8, 4) is 0 Å². The van der Waals surface area contributed by atoms with Crippen molar-refractivity contribution in [3.05, 3.63) is 96.5 Å². The van der Waals surface area contributed by atoms with Gasteiger partial charge in [0, 0.05) is 11.1 Å². The highest BCUT2D eigenvalue weighted by atomic mass is 16.5. The smallest absolute Gasteiger partial charge is 0.262 e. The Morgan fingerprint density at radius 3 is 1.37 bits per heavy atom. The molecule has 0 saturated carbocycles. The van der Waals surface area contributed by atoms with Gasteiger partial charge >= 0.3 is 0 Å². The molecule has 2 amide bonds. The van der Waals surface area contributed by atoms with Crippen molar-refractivity contribution in [2.45, 2.75) is 12.2 Å². The molecule has 1 aliphatic carbocycles. The van der Waals surface area contributed by atoms with E-state index in [0.717, 1.165) is 0 Å². The van der Waals surface area contributed by atoms with Crippen LogP contribution in [-0.2, 0) is 19.1 Å². The summed E-state index contributed by atoms with van der Waals surface area (Å²) >= 11 is 0. The number of fused-ring (bicyclic) bond motifs is 1. The molecule has 4 rings (SSSR count). The van der Waals surface area contributed by atoms with Gasteiger partial charge in [-0.25, -0.2) is 0 Å². The van der Waals surface area contributed by atoms with Crippen LogP contribution >= 0.6 is 0 Å². The summed E-state index contributed by atoms with van der Waals surface area (Å²) < 4.78 is 9.59. The molecular weight excluding hydrogens is 388 g/mol. The highest BCUT2D eigenvalue weighted by Gasteiger charge is 2.17. The van der Waals surface area contributed by atoms with Crippen molar-refractivity contribution in [2.24, 2.45) is 11.5 Å². The fourth-order valence-corrected chi connectivity index (χ4v) is 2.34. The van der Waals surface area contributed by atoms with Gasteiger partial charge in [0.15, 0.2) is 23.8 Å². The maximum atomic E-state index is 11.2. The zero-order valence-corrected chi connectivity index (χ0v) is 15.8. The lowest BCUT2D eigenvalue weighted by atomic mass is 9.95. The summed E-state index contributed by atoms with van der Waals surface area (Å²) in [5.41, 5.74) is 10.8. The summed E-state index contributed by atoms with van der Waals surface area (Å²) in [6.07, 6.45) is 14.4. The number of nitrogens with two attached hydrogens (primary N) is 2. The van der Waals surface area contributed by atoms with Gasteiger partial charge < -0.3 is 20.9 Å². The number of hydrogen-bond donors (Lipinski definition) is 2. The SMILES string of the molecule is NC(=O)C1C=CC=CO1.NC(=O)C1C=CC=CO1.O=C1C=CC(=O)c2ccccc21. The Labute approximate surface area is 172 Å². The second kappa shape index (κ2) is 11.0. The third-order valence-electron chi connectivity index (χ3n) is 3.81. The van der Waals surface area contributed by atoms with Crippen molar-refractivity contribution in [3.63, 3.8) is 0 Å². The van der Waals surface area contributed by atoms with Gasteiger partial charge in [-0.2, -0.15) is 0 Å². The van der Waals surface area contributed by atoms with E-state index in [1.54, 1.807) is 60.7 Å². The number of allylic oxidation sites excluding steroid dienone is 6. The Morgan fingerprint density at radius 1 is 0.700 bits per heavy atom. The zero-order chi connectivity index (χ0) is 21.9. The first-order valence-electron chi connectivity index (χ1n) is 8.82. The van der Waals surface area contributed by atoms with E-state index in [4.69, 9.17) is 20.9 Å². The molecular formula is C22H20N2O6. The van der Waals surface area contributed by atoms with Crippen LogP contribution in [-0.4, -0.2) is 35.6 Å². The van der Waals surface area contributed by atoms with Gasteiger partial charge in [-0.3, -0.25) is 19.2 Å². The molecule has 2 aliphatic heterocycles. The Hall–Kier alpha value is -4.20. The summed E-state index contributed by atoms with van der Waals surface area (Å²) in [5.74, 6) is -1.11. The van der Waals surface area contributed by atoms with Crippen LogP contribution in [0, 0.1) is 0 Å². The van der Waals surface area contributed by atoms with Crippen LogP contribution in [0.1, 0.15) is 20.7 Å². The predicted molar refractivity (Wildman–Crippen MR) is 109 cm³/mol. The molecule has 0 spiro atoms. The fraction of sp³-hybridized carbons (Fsp3) is 0.0909. The molecule has 2 atom stereocenters. The summed E-state index contributed by atoms with van der Waals surface area (Å²) in [5, 5.41) is 0. The van der Waals surface area contributed by atoms with Crippen molar-refractivity contribution >= 4 is 23.4 Å². The van der Waals surface area contributed by atoms with E-state index in [-0.39, 0.29) is 11.6 Å². The van der Waals surface area contributed by atoms with E-state index in [2.05, 4.69) is 0 Å². The van der Waals surface area contributed by atoms with Gasteiger partial charge in [0.05, 0.1) is 12.5 Å². The number of carbonyl (C=O) groups excluding carboxylic acids is 4. The van der Waals surface area contributed by atoms with Crippen molar-refractivity contribution in [1.82, 2.24) is 0 Å². The van der Waals surface area contributed by atoms with Gasteiger partial charge in [0.2, 0.25) is 0 Å². The number of carbonyl (C=O) groups is 4. The minimum Gasteiger partial charge on any atom is -0.484 e. The Bertz CT molecular complexity index is 895. The number of ketones is 2. The van der Waals surface area contributed by atoms with Crippen LogP contribution in [0.3, 0.4) is 0 Å². The van der Waals surface area contributed by atoms with Crippen LogP contribution in [0.15, 0.2) is 85.4 Å². The van der Waals surface area contributed by atoms with Gasteiger partial charge in [-0.05, 0) is 36.5 Å². The topological polar surface area (TPSA) is 139 Å². The number of amides is 2. The quantitative estimate of drug-likeness (QED) is 0.760. The second-order valence-electron chi connectivity index (χ2n) is 5.95. The lowest BCUT2D eigenvalue weighted by Crippen LogP contribution is -2.28. The van der Waals surface area contributed by atoms with Crippen molar-refractivity contribution < 1.29 is 28.7 Å². The minimum absolute atomic E-state index is 0.0924. The molecule has 1 aromatic rings. The standard InChI is InChI=1S/C10H6O2.2C6H7NO2/c11-9-5-6-10(12)8-4-2-1-3-7(8)9;2*7-6(8)5-3-1-2-4-9-5/h1-6H;2*1-5H,(H2,7,8). The van der Waals surface area contributed by atoms with Crippen LogP contribution in [0.5, 0.6) is 0 Å². The third-order valence-corrected chi connectivity index (χ3v) is 3.81. The largest absolute Gasteiger partial charge is 0.484 e. The van der Waals surface area contributed by atoms with E-state index < -0.39 is 24.0 Å². The number of hydrogen-bond acceptors (Lipinski definition) is 6. The molecule has 0 aromatic heterocycles. The van der Waals surface area contributed by atoms with E-state index in [9.17, 15) is 19.2 Å². The van der Waals surface area contributed by atoms with Gasteiger partial charge in [0.1, 0.15) is 0 Å². The molecule has 8 nitrogen and oxygen atoms in total. The summed E-state index contributed by atoms with van der Waals surface area (Å²) in [7, 11) is 0. The third kappa shape index (κ3) is 6.45. The Balaban J connectivity index is 0.000000163. The van der Waals surface area contributed by atoms with Crippen molar-refractivity contribution in [1.29, 1.82) is 0 Å². The molecule has 30 heavy (non-hydrogen) atoms. The Kier molecular flexibility index (Phi) is 8.07. The molecule has 0 radical (unpaired) electrons. The molecule has 0 fully saturated rings. The minimum atomic E-state index is -0.574. The average Bonchev–Trinajstić information content (AvgIpc) is 2.78. The van der Waals surface area contributed by atoms with Gasteiger partial charge in [-0.1, -0.05) is 36.4 Å². The van der Waals surface area contributed by atoms with Gasteiger partial charge in [-0.15, -0.1) is 0 Å². The van der Waals surface area contributed by atoms with Crippen LogP contribution in [0.2, 0.25) is 0 Å². The van der Waals surface area contributed by atoms with Crippen LogP contribution in [0.4, 0.5) is 0 Å². The molecule has 2 heterocycles. The number of ether oxygens (including phenoxy) is 2. The lowest BCUT2D eigenvalue weighted by molar-refractivity contribution is -0.124. The van der Waals surface area contributed by atoms with Gasteiger partial charge in [0.25, 0.3) is 11.8 Å². The van der Waals surface area contributed by atoms with E-state index in [1.807, 2.05) is 0 Å². The predicted octanol–water partition coefficient (Wildman–Crippen LogP) is 1.50. The lowest BCUT2D eigenvalue weighted by Gasteiger charge is -2.09. The first-order valence-corrected chi connectivity index (χ1v) is 8.82. The molecule has 8 heteroatoms. The summed E-state index contributed by atoms with van der Waals surface area (Å²) in [4.78, 5) is 43.1. The highest BCUT2D eigenvalue weighted by Crippen LogP contribution is 2.15. The first kappa shape index (κ1) is 22.1. The molecule has 3 aliphatic rings. The van der Waals surface area contributed by atoms with Crippen LogP contribution < -0.4 is 11.5 Å². The number of rotatable bonds is 2. The average molecular weight is 408 g/mol. The maximum Gasteiger partial charge on any atom is 0.262 e. The Morgan fingerprint density at radius 2 is 1.10 bits per heavy atom. The second-order valence-corrected chi connectivity index (χ2v) is 5.95. The van der Waals surface area contributed by atoms with Crippen molar-refractivity contribution in [2.75, 3.05) is 0 Å². The molecule has 154 valence electrons. The van der Waals surface area contributed by atoms with Crippen LogP contribution in [0.25, 0.3) is 0 Å². The molecule has 4 N–H and O–H groups in total. The molecule has 1 aromatic carbocycles. The maximum absolute atomic E-state index is 11.2. The highest BCUT2D eigenvalue weighted by molar-refractivity contribution is 6.21. The zero-order valence-electron chi connectivity index (χ0n) is 15.8.